The summed E-state index contributed by atoms with van der Waals surface area (Å²) in [7, 11) is 1.24. The van der Waals surface area contributed by atoms with Crippen LogP contribution < -0.4 is 10.6 Å². The van der Waals surface area contributed by atoms with Crippen molar-refractivity contribution in [2.45, 2.75) is 58.8 Å². The highest BCUT2D eigenvalue weighted by Gasteiger charge is 2.52. The highest BCUT2D eigenvalue weighted by Crippen LogP contribution is 2.36. The Balaban J connectivity index is 2.06. The summed E-state index contributed by atoms with van der Waals surface area (Å²) in [5, 5.41) is 5.50. The maximum absolute atomic E-state index is 14.8. The Bertz CT molecular complexity index is 1350. The van der Waals surface area contributed by atoms with Crippen molar-refractivity contribution in [1.82, 2.24) is 15.5 Å². The summed E-state index contributed by atoms with van der Waals surface area (Å²) >= 11 is 0. The monoisotopic (exact) mass is 601 g/mol. The van der Waals surface area contributed by atoms with Crippen LogP contribution >= 0.6 is 0 Å². The first kappa shape index (κ1) is 33.8. The van der Waals surface area contributed by atoms with Crippen LogP contribution in [0.3, 0.4) is 0 Å². The van der Waals surface area contributed by atoms with E-state index in [2.05, 4.69) is 10.6 Å². The fourth-order valence-corrected chi connectivity index (χ4v) is 5.61. The van der Waals surface area contributed by atoms with Gasteiger partial charge < -0.3 is 25.0 Å². The summed E-state index contributed by atoms with van der Waals surface area (Å²) < 4.78 is 10.2. The van der Waals surface area contributed by atoms with E-state index in [0.29, 0.717) is 0 Å². The molecule has 0 bridgehead atoms. The van der Waals surface area contributed by atoms with Gasteiger partial charge in [0.15, 0.2) is 0 Å². The average molecular weight is 602 g/mol. The van der Waals surface area contributed by atoms with Gasteiger partial charge >= 0.3 is 12.1 Å². The average Bonchev–Trinajstić information content (AvgIpc) is 3.03. The molecule has 0 unspecified atom stereocenters. The summed E-state index contributed by atoms with van der Waals surface area (Å²) in [5.74, 6) is -2.30. The number of carbonyl (C=O) groups excluding carboxylic acids is 4. The zero-order valence-corrected chi connectivity index (χ0v) is 26.1. The minimum absolute atomic E-state index is 0.0323. The predicted octanol–water partition coefficient (Wildman–Crippen LogP) is 4.89. The van der Waals surface area contributed by atoms with Gasteiger partial charge in [0.25, 0.3) is 0 Å². The van der Waals surface area contributed by atoms with Crippen LogP contribution in [0.2, 0.25) is 0 Å². The van der Waals surface area contributed by atoms with Gasteiger partial charge in [-0.2, -0.15) is 0 Å². The van der Waals surface area contributed by atoms with E-state index in [0.717, 1.165) is 16.7 Å². The summed E-state index contributed by atoms with van der Waals surface area (Å²) in [5.41, 5.74) is 1.03. The molecular weight excluding hydrogens is 558 g/mol. The van der Waals surface area contributed by atoms with Gasteiger partial charge in [-0.3, -0.25) is 14.4 Å². The van der Waals surface area contributed by atoms with E-state index in [1.54, 1.807) is 4.90 Å². The molecule has 1 atom stereocenters. The van der Waals surface area contributed by atoms with Crippen molar-refractivity contribution in [3.8, 4) is 0 Å². The van der Waals surface area contributed by atoms with E-state index in [1.807, 2.05) is 119 Å². The number of alkyl carbamates (subject to hydrolysis) is 1. The van der Waals surface area contributed by atoms with Crippen molar-refractivity contribution in [2.75, 3.05) is 13.7 Å². The number of rotatable bonds is 14. The number of ether oxygens (including phenoxy) is 2. The normalized spacial score (nSPS) is 11.9. The minimum Gasteiger partial charge on any atom is -0.468 e. The number of methoxy groups -OCH3 is 1. The van der Waals surface area contributed by atoms with E-state index in [9.17, 15) is 19.2 Å². The first-order valence-corrected chi connectivity index (χ1v) is 14.8. The molecule has 3 amide bonds. The van der Waals surface area contributed by atoms with Crippen LogP contribution in [0, 0.1) is 11.8 Å². The molecule has 44 heavy (non-hydrogen) atoms. The molecular formula is C35H43N3O6. The van der Waals surface area contributed by atoms with Crippen LogP contribution in [0.4, 0.5) is 4.79 Å². The van der Waals surface area contributed by atoms with Crippen molar-refractivity contribution in [2.24, 2.45) is 11.8 Å². The van der Waals surface area contributed by atoms with Crippen molar-refractivity contribution in [3.63, 3.8) is 0 Å². The molecule has 3 aromatic rings. The molecule has 0 fully saturated rings. The van der Waals surface area contributed by atoms with Gasteiger partial charge in [0.2, 0.25) is 11.8 Å². The van der Waals surface area contributed by atoms with Crippen LogP contribution in [-0.2, 0) is 43.4 Å². The molecule has 0 heterocycles. The molecule has 0 spiro atoms. The SMILES string of the molecule is COC(=O)CNC(=O)C(C(C)C)(C(C)C)N(Cc1ccccc1)C(=O)[C@H](Cc1ccccc1)NC(=O)OCc1ccccc1. The topological polar surface area (TPSA) is 114 Å². The molecule has 234 valence electrons. The lowest BCUT2D eigenvalue weighted by molar-refractivity contribution is -0.158. The summed E-state index contributed by atoms with van der Waals surface area (Å²) in [6.07, 6.45) is -0.584. The number of esters is 1. The third kappa shape index (κ3) is 8.69. The quantitative estimate of drug-likeness (QED) is 0.254. The Labute approximate surface area is 259 Å². The van der Waals surface area contributed by atoms with Crippen molar-refractivity contribution >= 4 is 23.9 Å². The summed E-state index contributed by atoms with van der Waals surface area (Å²) in [4.78, 5) is 55.6. The summed E-state index contributed by atoms with van der Waals surface area (Å²) in [6.45, 7) is 7.26. The molecule has 9 nitrogen and oxygen atoms in total. The van der Waals surface area contributed by atoms with Crippen LogP contribution in [-0.4, -0.2) is 54.0 Å². The maximum atomic E-state index is 14.8. The molecule has 0 aromatic heterocycles. The second-order valence-corrected chi connectivity index (χ2v) is 11.3. The van der Waals surface area contributed by atoms with Gasteiger partial charge in [-0.15, -0.1) is 0 Å². The molecule has 9 heteroatoms. The molecule has 0 aliphatic rings. The molecule has 0 aliphatic heterocycles. The van der Waals surface area contributed by atoms with Gasteiger partial charge in [0.05, 0.1) is 7.11 Å². The molecule has 0 saturated heterocycles. The van der Waals surface area contributed by atoms with Gasteiger partial charge in [-0.25, -0.2) is 4.79 Å². The van der Waals surface area contributed by atoms with Crippen LogP contribution in [0.15, 0.2) is 91.0 Å². The third-order valence-electron chi connectivity index (χ3n) is 7.73. The number of hydrogen-bond donors (Lipinski definition) is 2. The smallest absolute Gasteiger partial charge is 0.408 e. The Hall–Kier alpha value is -4.66. The second-order valence-electron chi connectivity index (χ2n) is 11.3. The van der Waals surface area contributed by atoms with Gasteiger partial charge in [-0.05, 0) is 28.5 Å². The zero-order chi connectivity index (χ0) is 32.1. The largest absolute Gasteiger partial charge is 0.468 e. The third-order valence-corrected chi connectivity index (χ3v) is 7.73. The van der Waals surface area contributed by atoms with E-state index < -0.39 is 35.5 Å². The molecule has 0 aliphatic carbocycles. The van der Waals surface area contributed by atoms with Crippen molar-refractivity contribution in [3.05, 3.63) is 108 Å². The molecule has 3 aromatic carbocycles. The fraction of sp³-hybridized carbons (Fsp3) is 0.371. The lowest BCUT2D eigenvalue weighted by atomic mass is 9.73. The van der Waals surface area contributed by atoms with Gasteiger partial charge in [0.1, 0.15) is 24.7 Å². The Morgan fingerprint density at radius 2 is 1.25 bits per heavy atom. The maximum Gasteiger partial charge on any atom is 0.408 e. The Morgan fingerprint density at radius 3 is 1.75 bits per heavy atom. The summed E-state index contributed by atoms with van der Waals surface area (Å²) in [6, 6.07) is 26.9. The second kappa shape index (κ2) is 16.3. The Kier molecular flexibility index (Phi) is 12.5. The number of amides is 3. The number of benzene rings is 3. The van der Waals surface area contributed by atoms with Gasteiger partial charge in [-0.1, -0.05) is 119 Å². The molecule has 2 N–H and O–H groups in total. The highest BCUT2D eigenvalue weighted by atomic mass is 16.5. The zero-order valence-electron chi connectivity index (χ0n) is 26.1. The van der Waals surface area contributed by atoms with Gasteiger partial charge in [0, 0.05) is 13.0 Å². The molecule has 0 saturated carbocycles. The number of nitrogens with zero attached hydrogens (tertiary/aromatic N) is 1. The van der Waals surface area contributed by atoms with Crippen molar-refractivity contribution < 1.29 is 28.7 Å². The fourth-order valence-electron chi connectivity index (χ4n) is 5.61. The number of nitrogens with one attached hydrogen (secondary N) is 2. The van der Waals surface area contributed by atoms with E-state index in [1.165, 1.54) is 7.11 Å². The lowest BCUT2D eigenvalue weighted by Gasteiger charge is -2.49. The standard InChI is InChI=1S/C35H43N3O6/c1-25(2)35(26(3)4,33(41)36-22-31(39)43-5)38(23-28-17-11-7-12-18-28)32(40)30(21-27-15-9-6-10-16-27)37-34(42)44-24-29-19-13-8-14-20-29/h6-20,25-26,30H,21-24H2,1-5H3,(H,36,41)(H,37,42)/t30-/m0/s1. The van der Waals surface area contributed by atoms with Crippen molar-refractivity contribution in [1.29, 1.82) is 0 Å². The highest BCUT2D eigenvalue weighted by molar-refractivity contribution is 5.96. The van der Waals surface area contributed by atoms with Crippen LogP contribution in [0.1, 0.15) is 44.4 Å². The van der Waals surface area contributed by atoms with E-state index in [-0.39, 0.29) is 38.0 Å². The first-order valence-electron chi connectivity index (χ1n) is 14.8. The van der Waals surface area contributed by atoms with Crippen LogP contribution in [0.5, 0.6) is 0 Å². The first-order chi connectivity index (χ1) is 21.1. The number of carbonyl (C=O) groups is 4. The molecule has 0 radical (unpaired) electrons. The molecule has 3 rings (SSSR count). The lowest BCUT2D eigenvalue weighted by Crippen LogP contribution is -2.69. The van der Waals surface area contributed by atoms with E-state index >= 15 is 0 Å². The Morgan fingerprint density at radius 1 is 0.750 bits per heavy atom. The van der Waals surface area contributed by atoms with E-state index in [4.69, 9.17) is 9.47 Å². The van der Waals surface area contributed by atoms with Crippen LogP contribution in [0.25, 0.3) is 0 Å². The number of hydrogen-bond acceptors (Lipinski definition) is 6. The predicted molar refractivity (Wildman–Crippen MR) is 168 cm³/mol. The minimum atomic E-state index is -1.40.